The fourth-order valence-electron chi connectivity index (χ4n) is 2.54. The molecule has 0 saturated carbocycles. The molecule has 0 aliphatic rings. The predicted octanol–water partition coefficient (Wildman–Crippen LogP) is 4.07. The van der Waals surface area contributed by atoms with Crippen molar-refractivity contribution in [1.82, 2.24) is 15.2 Å². The third-order valence-electron chi connectivity index (χ3n) is 3.66. The number of thiazole rings is 1. The van der Waals surface area contributed by atoms with Gasteiger partial charge in [0.25, 0.3) is 0 Å². The minimum atomic E-state index is -1.04. The number of nitrogens with zero attached hydrogens (tertiary/aromatic N) is 3. The van der Waals surface area contributed by atoms with Gasteiger partial charge < -0.3 is 9.52 Å². The maximum Gasteiger partial charge on any atom is 0.312 e. The number of carboxylic acids is 1. The molecule has 9 heteroatoms. The molecule has 26 heavy (non-hydrogen) atoms. The van der Waals surface area contributed by atoms with E-state index in [4.69, 9.17) is 9.52 Å². The summed E-state index contributed by atoms with van der Waals surface area (Å²) in [6.45, 7) is 1.98. The fourth-order valence-corrected chi connectivity index (χ4v) is 4.42. The molecule has 0 fully saturated rings. The molecule has 0 radical (unpaired) electrons. The number of thiophene rings is 1. The highest BCUT2D eigenvalue weighted by Crippen LogP contribution is 2.35. The standard InChI is InChI=1S/C17H12FN3O3S2/c1-8-2-5-11(25-8)9-3-4-10-17(16(9)18)26-14(19-10)6-12-20-21-13(24-12)7-15(22)23/h2-5H,6-7H2,1H3,(H,22,23). The number of aromatic nitrogens is 3. The van der Waals surface area contributed by atoms with Gasteiger partial charge in [0, 0.05) is 15.3 Å². The van der Waals surface area contributed by atoms with Gasteiger partial charge in [0.1, 0.15) is 11.4 Å². The second kappa shape index (κ2) is 6.58. The number of fused-ring (bicyclic) bond motifs is 1. The average Bonchev–Trinajstić information content (AvgIpc) is 3.28. The highest BCUT2D eigenvalue weighted by atomic mass is 32.1. The Morgan fingerprint density at radius 1 is 1.19 bits per heavy atom. The van der Waals surface area contributed by atoms with Gasteiger partial charge >= 0.3 is 5.97 Å². The Balaban J connectivity index is 1.64. The lowest BCUT2D eigenvalue weighted by molar-refractivity contribution is -0.136. The van der Waals surface area contributed by atoms with E-state index in [-0.39, 0.29) is 30.4 Å². The van der Waals surface area contributed by atoms with Gasteiger partial charge in [-0.2, -0.15) is 0 Å². The van der Waals surface area contributed by atoms with Crippen LogP contribution in [-0.2, 0) is 17.6 Å². The summed E-state index contributed by atoms with van der Waals surface area (Å²) in [6, 6.07) is 7.41. The summed E-state index contributed by atoms with van der Waals surface area (Å²) >= 11 is 2.78. The molecule has 3 heterocycles. The van der Waals surface area contributed by atoms with Crippen molar-refractivity contribution in [2.75, 3.05) is 0 Å². The summed E-state index contributed by atoms with van der Waals surface area (Å²) in [6.07, 6.45) is -0.0933. The van der Waals surface area contributed by atoms with Crippen molar-refractivity contribution in [3.63, 3.8) is 0 Å². The normalized spacial score (nSPS) is 11.3. The van der Waals surface area contributed by atoms with E-state index >= 15 is 0 Å². The zero-order valence-electron chi connectivity index (χ0n) is 13.5. The number of benzene rings is 1. The van der Waals surface area contributed by atoms with Crippen molar-refractivity contribution in [3.05, 3.63) is 51.7 Å². The Kier molecular flexibility index (Phi) is 4.25. The van der Waals surface area contributed by atoms with E-state index in [1.54, 1.807) is 23.5 Å². The zero-order valence-corrected chi connectivity index (χ0v) is 15.2. The molecule has 3 aromatic heterocycles. The van der Waals surface area contributed by atoms with Crippen LogP contribution in [0, 0.1) is 12.7 Å². The number of rotatable bonds is 5. The zero-order chi connectivity index (χ0) is 18.3. The molecule has 0 saturated heterocycles. The maximum absolute atomic E-state index is 14.9. The Morgan fingerprint density at radius 2 is 2.00 bits per heavy atom. The van der Waals surface area contributed by atoms with Gasteiger partial charge in [-0.1, -0.05) is 0 Å². The van der Waals surface area contributed by atoms with Crippen molar-refractivity contribution in [1.29, 1.82) is 0 Å². The molecule has 4 aromatic rings. The molecule has 0 amide bonds. The SMILES string of the molecule is Cc1ccc(-c2ccc3nc(Cc4nnc(CC(=O)O)o4)sc3c2F)s1. The molecule has 0 aliphatic carbocycles. The Morgan fingerprint density at radius 3 is 2.73 bits per heavy atom. The number of halogens is 1. The Labute approximate surface area is 155 Å². The van der Waals surface area contributed by atoms with E-state index < -0.39 is 5.97 Å². The largest absolute Gasteiger partial charge is 0.481 e. The second-order valence-electron chi connectivity index (χ2n) is 5.63. The third kappa shape index (κ3) is 3.23. The fraction of sp³-hybridized carbons (Fsp3) is 0.176. The van der Waals surface area contributed by atoms with Gasteiger partial charge in [-0.05, 0) is 31.2 Å². The minimum absolute atomic E-state index is 0.0372. The first-order chi connectivity index (χ1) is 12.5. The van der Waals surface area contributed by atoms with Crippen LogP contribution in [0.5, 0.6) is 0 Å². The van der Waals surface area contributed by atoms with Gasteiger partial charge in [-0.15, -0.1) is 32.9 Å². The number of hydrogen-bond donors (Lipinski definition) is 1. The third-order valence-corrected chi connectivity index (χ3v) is 5.76. The summed E-state index contributed by atoms with van der Waals surface area (Å²) < 4.78 is 20.7. The van der Waals surface area contributed by atoms with Crippen molar-refractivity contribution >= 4 is 38.9 Å². The highest BCUT2D eigenvalue weighted by molar-refractivity contribution is 7.18. The molecular weight excluding hydrogens is 377 g/mol. The average molecular weight is 389 g/mol. The van der Waals surface area contributed by atoms with Crippen LogP contribution in [0.3, 0.4) is 0 Å². The van der Waals surface area contributed by atoms with Crippen LogP contribution in [0.25, 0.3) is 20.7 Å². The maximum atomic E-state index is 14.9. The van der Waals surface area contributed by atoms with Crippen LogP contribution in [0.15, 0.2) is 28.7 Å². The Hall–Kier alpha value is -2.65. The van der Waals surface area contributed by atoms with E-state index in [0.717, 1.165) is 9.75 Å². The number of carboxylic acid groups (broad SMARTS) is 1. The summed E-state index contributed by atoms with van der Waals surface area (Å²) in [7, 11) is 0. The number of carbonyl (C=O) groups is 1. The second-order valence-corrected chi connectivity index (χ2v) is 8.00. The first-order valence-corrected chi connectivity index (χ1v) is 9.30. The number of hydrogen-bond acceptors (Lipinski definition) is 7. The van der Waals surface area contributed by atoms with E-state index in [1.165, 1.54) is 11.3 Å². The van der Waals surface area contributed by atoms with Crippen molar-refractivity contribution < 1.29 is 18.7 Å². The van der Waals surface area contributed by atoms with Gasteiger partial charge in [-0.25, -0.2) is 9.37 Å². The molecule has 0 aliphatic heterocycles. The van der Waals surface area contributed by atoms with Crippen LogP contribution in [0.2, 0.25) is 0 Å². The van der Waals surface area contributed by atoms with E-state index in [0.29, 0.717) is 20.8 Å². The summed E-state index contributed by atoms with van der Waals surface area (Å²) in [5.41, 5.74) is 1.14. The molecule has 4 rings (SSSR count). The lowest BCUT2D eigenvalue weighted by Gasteiger charge is -2.00. The van der Waals surface area contributed by atoms with Gasteiger partial charge in [0.05, 0.1) is 16.6 Å². The predicted molar refractivity (Wildman–Crippen MR) is 96.1 cm³/mol. The van der Waals surface area contributed by atoms with Crippen LogP contribution in [-0.4, -0.2) is 26.3 Å². The van der Waals surface area contributed by atoms with E-state index in [2.05, 4.69) is 15.2 Å². The number of aryl methyl sites for hydroxylation is 1. The Bertz CT molecular complexity index is 1120. The van der Waals surface area contributed by atoms with Crippen LogP contribution in [0.4, 0.5) is 4.39 Å². The van der Waals surface area contributed by atoms with Gasteiger partial charge in [0.2, 0.25) is 11.8 Å². The van der Waals surface area contributed by atoms with Crippen LogP contribution in [0.1, 0.15) is 21.7 Å². The van der Waals surface area contributed by atoms with E-state index in [1.807, 2.05) is 19.1 Å². The summed E-state index contributed by atoms with van der Waals surface area (Å²) in [5, 5.41) is 16.9. The quantitative estimate of drug-likeness (QED) is 0.553. The first kappa shape index (κ1) is 16.8. The molecule has 0 unspecified atom stereocenters. The van der Waals surface area contributed by atoms with Gasteiger partial charge in [0.15, 0.2) is 5.82 Å². The monoisotopic (exact) mass is 389 g/mol. The smallest absolute Gasteiger partial charge is 0.312 e. The minimum Gasteiger partial charge on any atom is -0.481 e. The van der Waals surface area contributed by atoms with Crippen molar-refractivity contribution in [3.8, 4) is 10.4 Å². The molecule has 0 bridgehead atoms. The molecule has 1 aromatic carbocycles. The molecule has 6 nitrogen and oxygen atoms in total. The summed E-state index contributed by atoms with van der Waals surface area (Å²) in [4.78, 5) is 17.1. The highest BCUT2D eigenvalue weighted by Gasteiger charge is 2.17. The molecule has 0 atom stereocenters. The first-order valence-electron chi connectivity index (χ1n) is 7.67. The topological polar surface area (TPSA) is 89.1 Å². The molecule has 1 N–H and O–H groups in total. The van der Waals surface area contributed by atoms with E-state index in [9.17, 15) is 9.18 Å². The lowest BCUT2D eigenvalue weighted by atomic mass is 10.1. The van der Waals surface area contributed by atoms with Gasteiger partial charge in [-0.3, -0.25) is 4.79 Å². The molecular formula is C17H12FN3O3S2. The van der Waals surface area contributed by atoms with Crippen LogP contribution < -0.4 is 0 Å². The number of aliphatic carboxylic acids is 1. The summed E-state index contributed by atoms with van der Waals surface area (Å²) in [5.74, 6) is -1.03. The molecule has 132 valence electrons. The van der Waals surface area contributed by atoms with Crippen LogP contribution >= 0.6 is 22.7 Å². The molecule has 0 spiro atoms. The van der Waals surface area contributed by atoms with Crippen molar-refractivity contribution in [2.24, 2.45) is 0 Å². The van der Waals surface area contributed by atoms with Crippen molar-refractivity contribution in [2.45, 2.75) is 19.8 Å². The lowest BCUT2D eigenvalue weighted by Crippen LogP contribution is -1.99.